The highest BCUT2D eigenvalue weighted by atomic mass is 16.2. The number of hydrogen-bond donors (Lipinski definition) is 2. The topological polar surface area (TPSA) is 106 Å². The maximum Gasteiger partial charge on any atom is 0.274 e. The lowest BCUT2D eigenvalue weighted by Crippen LogP contribution is -2.23. The first-order chi connectivity index (χ1) is 13.6. The molecule has 1 amide bonds. The molecule has 28 heavy (non-hydrogen) atoms. The first-order valence-corrected chi connectivity index (χ1v) is 8.45. The molecule has 4 aromatic rings. The second-order valence-electron chi connectivity index (χ2n) is 6.17. The molecule has 0 aliphatic carbocycles. The molecule has 0 aliphatic heterocycles. The van der Waals surface area contributed by atoms with Crippen molar-refractivity contribution in [1.29, 1.82) is 0 Å². The SMILES string of the molecule is C=CC(=O)Nc1cc(-c2cnc3[nH]cc(-c4ccncn4)c3c2)cn(C)c1=O. The minimum atomic E-state index is -0.445. The van der Waals surface area contributed by atoms with Crippen molar-refractivity contribution in [2.45, 2.75) is 0 Å². The summed E-state index contributed by atoms with van der Waals surface area (Å²) in [4.78, 5) is 39.8. The Morgan fingerprint density at radius 2 is 2.14 bits per heavy atom. The van der Waals surface area contributed by atoms with Gasteiger partial charge < -0.3 is 14.9 Å². The van der Waals surface area contributed by atoms with E-state index >= 15 is 0 Å². The van der Waals surface area contributed by atoms with Crippen molar-refractivity contribution in [2.75, 3.05) is 5.32 Å². The van der Waals surface area contributed by atoms with E-state index in [4.69, 9.17) is 0 Å². The second-order valence-corrected chi connectivity index (χ2v) is 6.17. The molecule has 0 saturated carbocycles. The summed E-state index contributed by atoms with van der Waals surface area (Å²) in [6, 6.07) is 5.42. The number of nitrogens with one attached hydrogen (secondary N) is 2. The van der Waals surface area contributed by atoms with Gasteiger partial charge in [0.1, 0.15) is 17.7 Å². The van der Waals surface area contributed by atoms with Crippen LogP contribution in [0.25, 0.3) is 33.4 Å². The molecule has 0 fully saturated rings. The summed E-state index contributed by atoms with van der Waals surface area (Å²) in [6.45, 7) is 3.41. The summed E-state index contributed by atoms with van der Waals surface area (Å²) >= 11 is 0. The van der Waals surface area contributed by atoms with Gasteiger partial charge in [-0.3, -0.25) is 9.59 Å². The molecular weight excluding hydrogens is 356 g/mol. The van der Waals surface area contributed by atoms with Crippen LogP contribution in [0, 0.1) is 0 Å². The summed E-state index contributed by atoms with van der Waals surface area (Å²) in [5.74, 6) is -0.445. The normalized spacial score (nSPS) is 10.8. The van der Waals surface area contributed by atoms with Crippen molar-refractivity contribution in [3.05, 3.63) is 72.3 Å². The van der Waals surface area contributed by atoms with Gasteiger partial charge in [-0.2, -0.15) is 0 Å². The summed E-state index contributed by atoms with van der Waals surface area (Å²) in [5, 5.41) is 3.44. The van der Waals surface area contributed by atoms with E-state index in [9.17, 15) is 9.59 Å². The third kappa shape index (κ3) is 3.07. The lowest BCUT2D eigenvalue weighted by atomic mass is 10.1. The van der Waals surface area contributed by atoms with E-state index < -0.39 is 5.91 Å². The molecule has 8 heteroatoms. The fourth-order valence-corrected chi connectivity index (χ4v) is 2.97. The number of aryl methyl sites for hydroxylation is 1. The van der Waals surface area contributed by atoms with Crippen LogP contribution in [0.3, 0.4) is 0 Å². The number of hydrogen-bond acceptors (Lipinski definition) is 5. The number of pyridine rings is 2. The zero-order valence-electron chi connectivity index (χ0n) is 15.0. The van der Waals surface area contributed by atoms with Crippen LogP contribution in [0.5, 0.6) is 0 Å². The largest absolute Gasteiger partial charge is 0.345 e. The summed E-state index contributed by atoms with van der Waals surface area (Å²) in [5.41, 5.74) is 3.81. The van der Waals surface area contributed by atoms with Crippen LogP contribution in [-0.4, -0.2) is 30.4 Å². The van der Waals surface area contributed by atoms with Gasteiger partial charge in [-0.1, -0.05) is 6.58 Å². The van der Waals surface area contributed by atoms with Gasteiger partial charge in [-0.15, -0.1) is 0 Å². The van der Waals surface area contributed by atoms with Crippen LogP contribution in [0.2, 0.25) is 0 Å². The van der Waals surface area contributed by atoms with E-state index in [1.807, 2.05) is 18.3 Å². The Hall–Kier alpha value is -4.07. The molecule has 138 valence electrons. The molecule has 0 aromatic carbocycles. The number of aromatic amines is 1. The van der Waals surface area contributed by atoms with Crippen LogP contribution in [0.4, 0.5) is 5.69 Å². The van der Waals surface area contributed by atoms with Crippen molar-refractivity contribution in [1.82, 2.24) is 24.5 Å². The fraction of sp³-hybridized carbons (Fsp3) is 0.0500. The van der Waals surface area contributed by atoms with Gasteiger partial charge in [-0.25, -0.2) is 15.0 Å². The third-order valence-electron chi connectivity index (χ3n) is 4.35. The molecular formula is C20H16N6O2. The second kappa shape index (κ2) is 6.92. The predicted octanol–water partition coefficient (Wildman–Crippen LogP) is 2.51. The molecule has 0 unspecified atom stereocenters. The van der Waals surface area contributed by atoms with E-state index in [1.54, 1.807) is 31.7 Å². The molecule has 0 radical (unpaired) electrons. The van der Waals surface area contributed by atoms with Crippen molar-refractivity contribution >= 4 is 22.6 Å². The molecule has 0 spiro atoms. The minimum Gasteiger partial charge on any atom is -0.345 e. The maximum absolute atomic E-state index is 12.3. The molecule has 4 aromatic heterocycles. The highest BCUT2D eigenvalue weighted by molar-refractivity contribution is 5.99. The van der Waals surface area contributed by atoms with E-state index in [1.165, 1.54) is 10.9 Å². The monoisotopic (exact) mass is 372 g/mol. The van der Waals surface area contributed by atoms with E-state index in [0.717, 1.165) is 39.5 Å². The summed E-state index contributed by atoms with van der Waals surface area (Å²) in [7, 11) is 1.63. The number of nitrogens with zero attached hydrogens (tertiary/aromatic N) is 4. The Bertz CT molecular complexity index is 1260. The summed E-state index contributed by atoms with van der Waals surface area (Å²) in [6.07, 6.45) is 9.55. The lowest BCUT2D eigenvalue weighted by Gasteiger charge is -2.09. The molecule has 2 N–H and O–H groups in total. The third-order valence-corrected chi connectivity index (χ3v) is 4.35. The van der Waals surface area contributed by atoms with Crippen molar-refractivity contribution < 1.29 is 4.79 Å². The first kappa shape index (κ1) is 17.3. The van der Waals surface area contributed by atoms with Gasteiger partial charge in [0.05, 0.1) is 5.69 Å². The summed E-state index contributed by atoms with van der Waals surface area (Å²) < 4.78 is 1.42. The van der Waals surface area contributed by atoms with Gasteiger partial charge in [0, 0.05) is 53.9 Å². The van der Waals surface area contributed by atoms with Gasteiger partial charge in [0.15, 0.2) is 0 Å². The first-order valence-electron chi connectivity index (χ1n) is 8.45. The minimum absolute atomic E-state index is 0.176. The Morgan fingerprint density at radius 1 is 1.29 bits per heavy atom. The van der Waals surface area contributed by atoms with E-state index in [2.05, 4.69) is 31.8 Å². The van der Waals surface area contributed by atoms with Crippen LogP contribution in [-0.2, 0) is 11.8 Å². The van der Waals surface area contributed by atoms with Gasteiger partial charge in [0.2, 0.25) is 5.91 Å². The molecule has 8 nitrogen and oxygen atoms in total. The number of aromatic nitrogens is 5. The molecule has 0 aliphatic rings. The van der Waals surface area contributed by atoms with Crippen LogP contribution >= 0.6 is 0 Å². The molecule has 0 saturated heterocycles. The highest BCUT2D eigenvalue weighted by Gasteiger charge is 2.12. The van der Waals surface area contributed by atoms with Crippen LogP contribution in [0.15, 0.2) is 66.8 Å². The average Bonchev–Trinajstić information content (AvgIpc) is 3.15. The maximum atomic E-state index is 12.3. The zero-order valence-corrected chi connectivity index (χ0v) is 15.0. The van der Waals surface area contributed by atoms with Crippen molar-refractivity contribution in [3.63, 3.8) is 0 Å². The predicted molar refractivity (Wildman–Crippen MR) is 107 cm³/mol. The van der Waals surface area contributed by atoms with Gasteiger partial charge >= 0.3 is 0 Å². The smallest absolute Gasteiger partial charge is 0.274 e. The van der Waals surface area contributed by atoms with Crippen molar-refractivity contribution in [3.8, 4) is 22.4 Å². The highest BCUT2D eigenvalue weighted by Crippen LogP contribution is 2.30. The fourth-order valence-electron chi connectivity index (χ4n) is 2.97. The van der Waals surface area contributed by atoms with E-state index in [0.29, 0.717) is 0 Å². The Labute approximate surface area is 159 Å². The quantitative estimate of drug-likeness (QED) is 0.536. The number of H-pyrrole nitrogens is 1. The molecule has 0 bridgehead atoms. The average molecular weight is 372 g/mol. The molecule has 4 rings (SSSR count). The lowest BCUT2D eigenvalue weighted by molar-refractivity contribution is -0.111. The van der Waals surface area contributed by atoms with Gasteiger partial charge in [-0.05, 0) is 24.3 Å². The number of anilines is 1. The Morgan fingerprint density at radius 3 is 2.89 bits per heavy atom. The van der Waals surface area contributed by atoms with Gasteiger partial charge in [0.25, 0.3) is 5.56 Å². The Kier molecular flexibility index (Phi) is 4.29. The molecule has 0 atom stereocenters. The number of carbonyl (C=O) groups excluding carboxylic acids is 1. The number of fused-ring (bicyclic) bond motifs is 1. The molecule has 4 heterocycles. The van der Waals surface area contributed by atoms with E-state index in [-0.39, 0.29) is 11.2 Å². The number of rotatable bonds is 4. The number of amides is 1. The van der Waals surface area contributed by atoms with Crippen LogP contribution < -0.4 is 10.9 Å². The standard InChI is InChI=1S/C20H16N6O2/c1-3-18(27)25-17-7-13(10-26(2)20(17)28)12-6-14-15(9-23-19(14)22-8-12)16-4-5-21-11-24-16/h3-11H,1H2,2H3,(H,22,23)(H,25,27). The Balaban J connectivity index is 1.84. The van der Waals surface area contributed by atoms with Crippen molar-refractivity contribution in [2.24, 2.45) is 7.05 Å². The van der Waals surface area contributed by atoms with Crippen LogP contribution in [0.1, 0.15) is 0 Å². The zero-order chi connectivity index (χ0) is 19.7. The number of carbonyl (C=O) groups is 1.